The molecule has 23 heavy (non-hydrogen) atoms. The van der Waals surface area contributed by atoms with Crippen LogP contribution in [0.3, 0.4) is 0 Å². The summed E-state index contributed by atoms with van der Waals surface area (Å²) in [5.41, 5.74) is 0. The molecule has 0 unspecified atom stereocenters. The molecule has 1 fully saturated rings. The van der Waals surface area contributed by atoms with Crippen molar-refractivity contribution in [2.24, 2.45) is 4.99 Å². The van der Waals surface area contributed by atoms with Crippen LogP contribution in [-0.4, -0.2) is 73.3 Å². The topological polar surface area (TPSA) is 65.9 Å². The molecular formula is C16H28N6O. The van der Waals surface area contributed by atoms with Crippen molar-refractivity contribution < 1.29 is 4.74 Å². The molecule has 2 rings (SSSR count). The number of ether oxygens (including phenoxy) is 1. The van der Waals surface area contributed by atoms with Crippen LogP contribution in [0.25, 0.3) is 0 Å². The molecule has 128 valence electrons. The van der Waals surface area contributed by atoms with Crippen molar-refractivity contribution in [3.8, 4) is 0 Å². The van der Waals surface area contributed by atoms with E-state index in [1.807, 2.05) is 13.1 Å². The molecule has 1 aliphatic heterocycles. The number of nitrogens with zero attached hydrogens (tertiary/aromatic N) is 5. The molecule has 1 aromatic heterocycles. The Labute approximate surface area is 138 Å². The number of piperazine rings is 1. The summed E-state index contributed by atoms with van der Waals surface area (Å²) in [7, 11) is 1.83. The third kappa shape index (κ3) is 5.67. The molecule has 2 heterocycles. The molecule has 0 atom stereocenters. The highest BCUT2D eigenvalue weighted by atomic mass is 16.5. The Bertz CT molecular complexity index is 471. The fourth-order valence-corrected chi connectivity index (χ4v) is 2.50. The molecule has 7 nitrogen and oxygen atoms in total. The summed E-state index contributed by atoms with van der Waals surface area (Å²) in [5, 5.41) is 3.41. The Kier molecular flexibility index (Phi) is 7.06. The normalized spacial score (nSPS) is 16.1. The Hall–Kier alpha value is -1.89. The smallest absolute Gasteiger partial charge is 0.225 e. The minimum absolute atomic E-state index is 0.294. The summed E-state index contributed by atoms with van der Waals surface area (Å²) in [5.74, 6) is 1.77. The van der Waals surface area contributed by atoms with Gasteiger partial charge >= 0.3 is 0 Å². The monoisotopic (exact) mass is 320 g/mol. The Morgan fingerprint density at radius 1 is 1.26 bits per heavy atom. The van der Waals surface area contributed by atoms with E-state index >= 15 is 0 Å². The zero-order chi connectivity index (χ0) is 16.5. The van der Waals surface area contributed by atoms with Gasteiger partial charge in [0.05, 0.1) is 6.10 Å². The molecule has 1 aromatic rings. The average molecular weight is 320 g/mol. The van der Waals surface area contributed by atoms with Gasteiger partial charge in [-0.3, -0.25) is 4.99 Å². The summed E-state index contributed by atoms with van der Waals surface area (Å²) in [6, 6.07) is 1.84. The lowest BCUT2D eigenvalue weighted by Gasteiger charge is -2.36. The lowest BCUT2D eigenvalue weighted by Crippen LogP contribution is -2.53. The molecule has 1 N–H and O–H groups in total. The Morgan fingerprint density at radius 3 is 2.57 bits per heavy atom. The van der Waals surface area contributed by atoms with E-state index in [2.05, 4.69) is 43.9 Å². The maximum atomic E-state index is 5.55. The second kappa shape index (κ2) is 9.29. The molecule has 0 amide bonds. The van der Waals surface area contributed by atoms with E-state index in [1.54, 1.807) is 12.4 Å². The largest absolute Gasteiger partial charge is 0.379 e. The van der Waals surface area contributed by atoms with Crippen molar-refractivity contribution in [1.29, 1.82) is 0 Å². The Morgan fingerprint density at radius 2 is 1.96 bits per heavy atom. The molecule has 7 heteroatoms. The number of nitrogens with one attached hydrogen (secondary N) is 1. The highest BCUT2D eigenvalue weighted by Gasteiger charge is 2.20. The zero-order valence-electron chi connectivity index (χ0n) is 14.4. The van der Waals surface area contributed by atoms with Gasteiger partial charge in [-0.25, -0.2) is 9.97 Å². The van der Waals surface area contributed by atoms with Crippen LogP contribution in [0.5, 0.6) is 0 Å². The first kappa shape index (κ1) is 17.5. The van der Waals surface area contributed by atoms with Crippen LogP contribution in [0.1, 0.15) is 20.3 Å². The van der Waals surface area contributed by atoms with Gasteiger partial charge in [-0.15, -0.1) is 0 Å². The zero-order valence-corrected chi connectivity index (χ0v) is 14.4. The lowest BCUT2D eigenvalue weighted by atomic mass is 10.3. The molecular weight excluding hydrogens is 292 g/mol. The fourth-order valence-electron chi connectivity index (χ4n) is 2.50. The summed E-state index contributed by atoms with van der Waals surface area (Å²) < 4.78 is 5.55. The fraction of sp³-hybridized carbons (Fsp3) is 0.688. The van der Waals surface area contributed by atoms with E-state index in [1.165, 1.54) is 0 Å². The van der Waals surface area contributed by atoms with Crippen LogP contribution in [-0.2, 0) is 4.74 Å². The third-order valence-corrected chi connectivity index (χ3v) is 3.68. The first-order valence-corrected chi connectivity index (χ1v) is 8.30. The molecule has 0 bridgehead atoms. The van der Waals surface area contributed by atoms with Crippen LogP contribution in [0.15, 0.2) is 23.5 Å². The van der Waals surface area contributed by atoms with Crippen LogP contribution < -0.4 is 10.2 Å². The van der Waals surface area contributed by atoms with E-state index in [0.29, 0.717) is 6.10 Å². The SMILES string of the molecule is CN=C(NCCCOC(C)C)N1CCN(c2ncccn2)CC1. The molecule has 1 aliphatic rings. The number of guanidine groups is 1. The molecule has 0 aromatic carbocycles. The van der Waals surface area contributed by atoms with Gasteiger partial charge in [-0.1, -0.05) is 0 Å². The molecule has 1 saturated heterocycles. The highest BCUT2D eigenvalue weighted by molar-refractivity contribution is 5.80. The van der Waals surface area contributed by atoms with E-state index in [9.17, 15) is 0 Å². The summed E-state index contributed by atoms with van der Waals surface area (Å²) >= 11 is 0. The molecule has 0 spiro atoms. The average Bonchev–Trinajstić information content (AvgIpc) is 2.59. The molecule has 0 aliphatic carbocycles. The Balaban J connectivity index is 1.72. The summed E-state index contributed by atoms with van der Waals surface area (Å²) in [6.07, 6.45) is 4.85. The van der Waals surface area contributed by atoms with E-state index in [4.69, 9.17) is 4.74 Å². The second-order valence-corrected chi connectivity index (χ2v) is 5.77. The number of aromatic nitrogens is 2. The van der Waals surface area contributed by atoms with Gasteiger partial charge in [-0.05, 0) is 26.3 Å². The molecule has 0 radical (unpaired) electrons. The predicted molar refractivity (Wildman–Crippen MR) is 92.9 cm³/mol. The highest BCUT2D eigenvalue weighted by Crippen LogP contribution is 2.09. The van der Waals surface area contributed by atoms with Crippen molar-refractivity contribution >= 4 is 11.9 Å². The number of aliphatic imine (C=N–C) groups is 1. The lowest BCUT2D eigenvalue weighted by molar-refractivity contribution is 0.0775. The van der Waals surface area contributed by atoms with E-state index in [0.717, 1.165) is 57.7 Å². The molecule has 0 saturated carbocycles. The van der Waals surface area contributed by atoms with Crippen molar-refractivity contribution in [3.63, 3.8) is 0 Å². The number of anilines is 1. The van der Waals surface area contributed by atoms with Crippen LogP contribution in [0, 0.1) is 0 Å². The van der Waals surface area contributed by atoms with Gasteiger partial charge in [0.25, 0.3) is 0 Å². The van der Waals surface area contributed by atoms with Crippen LogP contribution in [0.4, 0.5) is 5.95 Å². The number of hydrogen-bond donors (Lipinski definition) is 1. The quantitative estimate of drug-likeness (QED) is 0.479. The van der Waals surface area contributed by atoms with Crippen LogP contribution in [0.2, 0.25) is 0 Å². The van der Waals surface area contributed by atoms with Gasteiger partial charge in [-0.2, -0.15) is 0 Å². The third-order valence-electron chi connectivity index (χ3n) is 3.68. The predicted octanol–water partition coefficient (Wildman–Crippen LogP) is 0.989. The van der Waals surface area contributed by atoms with E-state index < -0.39 is 0 Å². The second-order valence-electron chi connectivity index (χ2n) is 5.77. The first-order chi connectivity index (χ1) is 11.2. The summed E-state index contributed by atoms with van der Waals surface area (Å²) in [6.45, 7) is 9.41. The minimum Gasteiger partial charge on any atom is -0.379 e. The van der Waals surface area contributed by atoms with Gasteiger partial charge in [0.1, 0.15) is 0 Å². The maximum absolute atomic E-state index is 5.55. The number of rotatable bonds is 6. The standard InChI is InChI=1S/C16H28N6O/c1-14(2)23-13-5-8-18-15(17-3)21-9-11-22(12-10-21)16-19-6-4-7-20-16/h4,6-7,14H,5,8-13H2,1-3H3,(H,17,18). The summed E-state index contributed by atoms with van der Waals surface area (Å²) in [4.78, 5) is 17.5. The van der Waals surface area contributed by atoms with E-state index in [-0.39, 0.29) is 0 Å². The van der Waals surface area contributed by atoms with Gasteiger partial charge in [0.15, 0.2) is 5.96 Å². The van der Waals surface area contributed by atoms with Gasteiger partial charge in [0.2, 0.25) is 5.95 Å². The van der Waals surface area contributed by atoms with Gasteiger partial charge < -0.3 is 19.9 Å². The van der Waals surface area contributed by atoms with Crippen molar-refractivity contribution in [2.45, 2.75) is 26.4 Å². The first-order valence-electron chi connectivity index (χ1n) is 8.30. The maximum Gasteiger partial charge on any atom is 0.225 e. The van der Waals surface area contributed by atoms with Crippen molar-refractivity contribution in [1.82, 2.24) is 20.2 Å². The number of hydrogen-bond acceptors (Lipinski definition) is 5. The van der Waals surface area contributed by atoms with Crippen LogP contribution >= 0.6 is 0 Å². The van der Waals surface area contributed by atoms with Gasteiger partial charge in [0, 0.05) is 58.8 Å². The van der Waals surface area contributed by atoms with Crippen molar-refractivity contribution in [2.75, 3.05) is 51.3 Å². The minimum atomic E-state index is 0.294. The van der Waals surface area contributed by atoms with Crippen molar-refractivity contribution in [3.05, 3.63) is 18.5 Å².